The number of carbonyl (C=O) groups excluding carboxylic acids is 1. The van der Waals surface area contributed by atoms with E-state index in [0.717, 1.165) is 12.0 Å². The highest BCUT2D eigenvalue weighted by Crippen LogP contribution is 2.13. The molecule has 1 amide bonds. The maximum atomic E-state index is 10.6. The van der Waals surface area contributed by atoms with Crippen LogP contribution in [0.5, 0.6) is 0 Å². The Balaban J connectivity index is 0.000000360. The maximum absolute atomic E-state index is 10.6. The van der Waals surface area contributed by atoms with Crippen LogP contribution in [0.25, 0.3) is 0 Å². The highest BCUT2D eigenvalue weighted by atomic mass is 19.4. The Kier molecular flexibility index (Phi) is 5.73. The summed E-state index contributed by atoms with van der Waals surface area (Å²) in [7, 11) is 0. The van der Waals surface area contributed by atoms with Crippen molar-refractivity contribution < 1.29 is 27.9 Å². The number of halogens is 3. The second-order valence-corrected chi connectivity index (χ2v) is 2.97. The van der Waals surface area contributed by atoms with Gasteiger partial charge < -0.3 is 10.8 Å². The number of amides is 1. The normalized spacial score (nSPS) is 10.2. The fraction of sp³-hybridized carbons (Fsp3) is 0.333. The third-order valence-electron chi connectivity index (χ3n) is 1.61. The van der Waals surface area contributed by atoms with Crippen LogP contribution in [0.2, 0.25) is 0 Å². The highest BCUT2D eigenvalue weighted by molar-refractivity contribution is 5.90. The summed E-state index contributed by atoms with van der Waals surface area (Å²) >= 11 is 0. The largest absolute Gasteiger partial charge is 0.490 e. The molecule has 0 bridgehead atoms. The summed E-state index contributed by atoms with van der Waals surface area (Å²) < 4.78 is 31.7. The Bertz CT molecular complexity index is 435. The van der Waals surface area contributed by atoms with Gasteiger partial charge in [-0.15, -0.1) is 5.10 Å². The van der Waals surface area contributed by atoms with Crippen molar-refractivity contribution >= 4 is 11.9 Å². The summed E-state index contributed by atoms with van der Waals surface area (Å²) in [4.78, 5) is 19.5. The second kappa shape index (κ2) is 6.52. The molecule has 100 valence electrons. The van der Waals surface area contributed by atoms with Crippen LogP contribution >= 0.6 is 0 Å². The van der Waals surface area contributed by atoms with Crippen LogP contribution in [0.1, 0.15) is 23.0 Å². The van der Waals surface area contributed by atoms with Crippen molar-refractivity contribution in [3.63, 3.8) is 0 Å². The third kappa shape index (κ3) is 5.77. The molecule has 9 heteroatoms. The van der Waals surface area contributed by atoms with Crippen LogP contribution in [-0.2, 0) is 11.2 Å². The van der Waals surface area contributed by atoms with E-state index in [0.29, 0.717) is 0 Å². The van der Waals surface area contributed by atoms with Crippen molar-refractivity contribution in [1.29, 1.82) is 0 Å². The molecular formula is C9H10F3N3O3. The van der Waals surface area contributed by atoms with Gasteiger partial charge in [0.1, 0.15) is 0 Å². The molecule has 0 unspecified atom stereocenters. The summed E-state index contributed by atoms with van der Waals surface area (Å²) in [5.74, 6) is -3.29. The fourth-order valence-corrected chi connectivity index (χ4v) is 0.721. The number of nitrogens with zero attached hydrogens (tertiary/aromatic N) is 2. The zero-order valence-corrected chi connectivity index (χ0v) is 9.23. The number of carbonyl (C=O) groups is 2. The average molecular weight is 265 g/mol. The average Bonchev–Trinajstić information content (AvgIpc) is 2.28. The van der Waals surface area contributed by atoms with E-state index in [4.69, 9.17) is 15.6 Å². The Morgan fingerprint density at radius 3 is 2.28 bits per heavy atom. The quantitative estimate of drug-likeness (QED) is 0.821. The summed E-state index contributed by atoms with van der Waals surface area (Å²) in [5, 5.41) is 14.3. The van der Waals surface area contributed by atoms with Gasteiger partial charge in [0, 0.05) is 0 Å². The van der Waals surface area contributed by atoms with E-state index in [2.05, 4.69) is 10.2 Å². The molecule has 0 atom stereocenters. The molecule has 1 aromatic heterocycles. The summed E-state index contributed by atoms with van der Waals surface area (Å²) in [6, 6.07) is 1.65. The van der Waals surface area contributed by atoms with E-state index in [1.165, 1.54) is 0 Å². The smallest absolute Gasteiger partial charge is 0.475 e. The van der Waals surface area contributed by atoms with Crippen LogP contribution in [0.15, 0.2) is 12.3 Å². The number of carboxylic acid groups (broad SMARTS) is 1. The first kappa shape index (κ1) is 15.8. The van der Waals surface area contributed by atoms with Gasteiger partial charge in [-0.2, -0.15) is 18.3 Å². The minimum Gasteiger partial charge on any atom is -0.475 e. The van der Waals surface area contributed by atoms with Crippen molar-refractivity contribution in [2.75, 3.05) is 0 Å². The molecule has 1 rings (SSSR count). The van der Waals surface area contributed by atoms with E-state index in [-0.39, 0.29) is 5.69 Å². The van der Waals surface area contributed by atoms with E-state index in [1.54, 1.807) is 12.3 Å². The van der Waals surface area contributed by atoms with Gasteiger partial charge in [0.2, 0.25) is 0 Å². The van der Waals surface area contributed by atoms with Crippen molar-refractivity contribution in [3.8, 4) is 0 Å². The van der Waals surface area contributed by atoms with E-state index in [9.17, 15) is 18.0 Å². The van der Waals surface area contributed by atoms with Gasteiger partial charge >= 0.3 is 12.1 Å². The van der Waals surface area contributed by atoms with Crippen LogP contribution < -0.4 is 5.73 Å². The lowest BCUT2D eigenvalue weighted by Gasteiger charge is -1.95. The third-order valence-corrected chi connectivity index (χ3v) is 1.61. The molecule has 0 aliphatic heterocycles. The highest BCUT2D eigenvalue weighted by Gasteiger charge is 2.38. The molecule has 3 N–H and O–H groups in total. The van der Waals surface area contributed by atoms with Crippen molar-refractivity contribution in [2.45, 2.75) is 19.5 Å². The SMILES string of the molecule is CCc1cnnc(C(N)=O)c1.O=C(O)C(F)(F)F. The number of aliphatic carboxylic acids is 1. The first-order chi connectivity index (χ1) is 8.18. The molecule has 1 aromatic rings. The van der Waals surface area contributed by atoms with Crippen molar-refractivity contribution in [1.82, 2.24) is 10.2 Å². The number of hydrogen-bond donors (Lipinski definition) is 2. The van der Waals surface area contributed by atoms with Crippen LogP contribution in [0, 0.1) is 0 Å². The second-order valence-electron chi connectivity index (χ2n) is 2.97. The van der Waals surface area contributed by atoms with Gasteiger partial charge in [-0.05, 0) is 18.1 Å². The Labute approximate surface area is 99.6 Å². The van der Waals surface area contributed by atoms with Gasteiger partial charge in [0.05, 0.1) is 6.20 Å². The van der Waals surface area contributed by atoms with Gasteiger partial charge in [-0.3, -0.25) is 4.79 Å². The number of rotatable bonds is 2. The van der Waals surface area contributed by atoms with Crippen molar-refractivity contribution in [2.24, 2.45) is 5.73 Å². The Morgan fingerprint density at radius 1 is 1.44 bits per heavy atom. The number of nitrogens with two attached hydrogens (primary N) is 1. The molecule has 0 fully saturated rings. The number of aromatic nitrogens is 2. The maximum Gasteiger partial charge on any atom is 0.490 e. The number of hydrogen-bond acceptors (Lipinski definition) is 4. The van der Waals surface area contributed by atoms with Crippen LogP contribution in [0.4, 0.5) is 13.2 Å². The van der Waals surface area contributed by atoms with Gasteiger partial charge in [0.25, 0.3) is 5.91 Å². The standard InChI is InChI=1S/C7H9N3O.C2HF3O2/c1-2-5-3-6(7(8)11)10-9-4-5;3-2(4,5)1(6)7/h3-4H,2H2,1H3,(H2,8,11);(H,6,7). The van der Waals surface area contributed by atoms with Crippen LogP contribution in [-0.4, -0.2) is 33.4 Å². The molecule has 6 nitrogen and oxygen atoms in total. The van der Waals surface area contributed by atoms with E-state index >= 15 is 0 Å². The molecule has 0 aliphatic rings. The number of primary amides is 1. The molecular weight excluding hydrogens is 255 g/mol. The molecule has 0 aliphatic carbocycles. The molecule has 0 spiro atoms. The lowest BCUT2D eigenvalue weighted by molar-refractivity contribution is -0.192. The minimum atomic E-state index is -5.08. The summed E-state index contributed by atoms with van der Waals surface area (Å²) in [6.07, 6.45) is -2.64. The molecule has 0 saturated carbocycles. The molecule has 0 radical (unpaired) electrons. The van der Waals surface area contributed by atoms with Crippen LogP contribution in [0.3, 0.4) is 0 Å². The molecule has 0 aromatic carbocycles. The molecule has 1 heterocycles. The van der Waals surface area contributed by atoms with E-state index in [1.807, 2.05) is 6.92 Å². The summed E-state index contributed by atoms with van der Waals surface area (Å²) in [6.45, 7) is 1.97. The molecule has 18 heavy (non-hydrogen) atoms. The topological polar surface area (TPSA) is 106 Å². The van der Waals surface area contributed by atoms with Crippen molar-refractivity contribution in [3.05, 3.63) is 23.5 Å². The van der Waals surface area contributed by atoms with E-state index < -0.39 is 18.1 Å². The minimum absolute atomic E-state index is 0.226. The van der Waals surface area contributed by atoms with Gasteiger partial charge in [-0.25, -0.2) is 4.79 Å². The predicted molar refractivity (Wildman–Crippen MR) is 53.6 cm³/mol. The fourth-order valence-electron chi connectivity index (χ4n) is 0.721. The lowest BCUT2D eigenvalue weighted by Crippen LogP contribution is -2.21. The lowest BCUT2D eigenvalue weighted by atomic mass is 10.2. The Hall–Kier alpha value is -2.19. The number of alkyl halides is 3. The first-order valence-electron chi connectivity index (χ1n) is 4.60. The first-order valence-corrected chi connectivity index (χ1v) is 4.60. The predicted octanol–water partition coefficient (Wildman–Crippen LogP) is 0.771. The molecule has 0 saturated heterocycles. The van der Waals surface area contributed by atoms with Gasteiger partial charge in [-0.1, -0.05) is 6.92 Å². The Morgan fingerprint density at radius 2 is 1.94 bits per heavy atom. The zero-order valence-electron chi connectivity index (χ0n) is 9.23. The summed E-state index contributed by atoms with van der Waals surface area (Å²) in [5.41, 5.74) is 6.19. The number of carboxylic acids is 1. The monoisotopic (exact) mass is 265 g/mol. The number of aryl methyl sites for hydroxylation is 1. The zero-order chi connectivity index (χ0) is 14.3. The van der Waals surface area contributed by atoms with Gasteiger partial charge in [0.15, 0.2) is 5.69 Å².